The number of hydrogen-bond donors (Lipinski definition) is 2. The van der Waals surface area contributed by atoms with E-state index < -0.39 is 0 Å². The highest BCUT2D eigenvalue weighted by Gasteiger charge is 2.25. The van der Waals surface area contributed by atoms with Crippen LogP contribution in [0.25, 0.3) is 10.8 Å². The molecule has 156 valence electrons. The first-order chi connectivity index (χ1) is 15.2. The third-order valence-electron chi connectivity index (χ3n) is 4.80. The lowest BCUT2D eigenvalue weighted by atomic mass is 10.1. The highest BCUT2D eigenvalue weighted by molar-refractivity contribution is 14.2. The monoisotopic (exact) mass is 543 g/mol. The van der Waals surface area contributed by atoms with E-state index in [9.17, 15) is 4.79 Å². The summed E-state index contributed by atoms with van der Waals surface area (Å²) in [4.78, 5) is 22.7. The molecule has 1 aliphatic heterocycles. The van der Waals surface area contributed by atoms with E-state index in [-0.39, 0.29) is 11.9 Å². The van der Waals surface area contributed by atoms with E-state index in [1.165, 1.54) is 15.0 Å². The van der Waals surface area contributed by atoms with Crippen LogP contribution in [0.15, 0.2) is 49.3 Å². The van der Waals surface area contributed by atoms with Crippen LogP contribution in [-0.2, 0) is 4.79 Å². The number of fused-ring (bicyclic) bond motifs is 1. The molecule has 1 atom stereocenters. The summed E-state index contributed by atoms with van der Waals surface area (Å²) in [6.45, 7) is 5.12. The topological polar surface area (TPSA) is 95.9 Å². The Kier molecular flexibility index (Phi) is 6.83. The Hall–Kier alpha value is -2.91. The van der Waals surface area contributed by atoms with Crippen LogP contribution in [0.3, 0.4) is 0 Å². The first-order valence-corrected chi connectivity index (χ1v) is 12.8. The predicted octanol–water partition coefficient (Wildman–Crippen LogP) is 3.63. The van der Waals surface area contributed by atoms with E-state index in [0.717, 1.165) is 41.8 Å². The fraction of sp³-hybridized carbons (Fsp3) is 0.190. The summed E-state index contributed by atoms with van der Waals surface area (Å²) in [5.41, 5.74) is 1.27. The van der Waals surface area contributed by atoms with Crippen LogP contribution in [0.4, 0.5) is 17.5 Å². The number of pyridine rings is 1. The van der Waals surface area contributed by atoms with Crippen molar-refractivity contribution in [1.82, 2.24) is 20.2 Å². The van der Waals surface area contributed by atoms with Crippen LogP contribution >= 0.6 is 30.1 Å². The largest absolute Gasteiger partial charge is 0.354 e. The molecule has 1 saturated heterocycles. The smallest absolute Gasteiger partial charge is 0.247 e. The molecule has 0 spiro atoms. The molecule has 3 aromatic rings. The Balaban J connectivity index is 1.46. The summed E-state index contributed by atoms with van der Waals surface area (Å²) < 4.78 is 0. The van der Waals surface area contributed by atoms with Crippen LogP contribution < -0.4 is 15.5 Å². The second-order valence-electron chi connectivity index (χ2n) is 6.81. The SMILES string of the molecule is C=CC(=O)Nc1ccc2c(N3CC[C@@H](Nc4ncc(C#CSI)nn4)C3)nccc2c1. The van der Waals surface area contributed by atoms with Crippen molar-refractivity contribution in [3.63, 3.8) is 0 Å². The van der Waals surface area contributed by atoms with Crippen LogP contribution in [0, 0.1) is 11.2 Å². The van der Waals surface area contributed by atoms with E-state index in [2.05, 4.69) is 74.7 Å². The minimum absolute atomic E-state index is 0.187. The Labute approximate surface area is 195 Å². The third kappa shape index (κ3) is 5.23. The zero-order valence-electron chi connectivity index (χ0n) is 16.4. The zero-order chi connectivity index (χ0) is 21.6. The van der Waals surface area contributed by atoms with Crippen LogP contribution in [0.1, 0.15) is 12.1 Å². The van der Waals surface area contributed by atoms with Crippen molar-refractivity contribution in [3.8, 4) is 11.2 Å². The van der Waals surface area contributed by atoms with E-state index in [1.54, 1.807) is 12.4 Å². The van der Waals surface area contributed by atoms with Crippen molar-refractivity contribution in [1.29, 1.82) is 0 Å². The number of benzene rings is 1. The summed E-state index contributed by atoms with van der Waals surface area (Å²) >= 11 is 2.11. The van der Waals surface area contributed by atoms with Crippen LogP contribution in [-0.4, -0.2) is 45.2 Å². The van der Waals surface area contributed by atoms with Gasteiger partial charge in [-0.2, -0.15) is 0 Å². The maximum atomic E-state index is 11.6. The van der Waals surface area contributed by atoms with Crippen molar-refractivity contribution in [3.05, 3.63) is 55.0 Å². The van der Waals surface area contributed by atoms with Gasteiger partial charge in [0.1, 0.15) is 5.82 Å². The number of aromatic nitrogens is 4. The lowest BCUT2D eigenvalue weighted by Crippen LogP contribution is -2.27. The summed E-state index contributed by atoms with van der Waals surface area (Å²) in [6, 6.07) is 7.93. The average Bonchev–Trinajstić information content (AvgIpc) is 3.26. The van der Waals surface area contributed by atoms with Crippen molar-refractivity contribution < 1.29 is 4.79 Å². The summed E-state index contributed by atoms with van der Waals surface area (Å²) in [5.74, 6) is 4.06. The zero-order valence-corrected chi connectivity index (χ0v) is 19.4. The van der Waals surface area contributed by atoms with E-state index in [1.807, 2.05) is 24.3 Å². The first-order valence-electron chi connectivity index (χ1n) is 9.48. The molecule has 2 aromatic heterocycles. The van der Waals surface area contributed by atoms with Crippen LogP contribution in [0.2, 0.25) is 0 Å². The number of amides is 1. The molecule has 1 aliphatic rings. The molecule has 0 aliphatic carbocycles. The number of rotatable bonds is 5. The van der Waals surface area contributed by atoms with Gasteiger partial charge in [-0.25, -0.2) is 9.97 Å². The Morgan fingerprint density at radius 2 is 2.23 bits per heavy atom. The molecule has 4 rings (SSSR count). The fourth-order valence-electron chi connectivity index (χ4n) is 3.41. The number of carbonyl (C=O) groups excluding carboxylic acids is 1. The molecule has 10 heteroatoms. The van der Waals surface area contributed by atoms with Gasteiger partial charge < -0.3 is 15.5 Å². The highest BCUT2D eigenvalue weighted by Crippen LogP contribution is 2.29. The molecule has 0 unspecified atom stereocenters. The quantitative estimate of drug-likeness (QED) is 0.286. The molecule has 1 amide bonds. The molecule has 0 saturated carbocycles. The minimum Gasteiger partial charge on any atom is -0.354 e. The lowest BCUT2D eigenvalue weighted by Gasteiger charge is -2.20. The Bertz CT molecular complexity index is 1180. The standard InChI is InChI=1S/C21H18IN7OS/c1-2-19(30)25-15-3-4-18-14(11-15)5-8-23-20(18)29-9-6-17(13-29)26-21-24-12-16(27-28-21)7-10-31-22/h2-5,8,11-12,17H,1,6,9,13H2,(H,25,30)(H,24,26,28)/t17-/m1/s1. The molecular weight excluding hydrogens is 525 g/mol. The molecule has 0 radical (unpaired) electrons. The molecule has 1 fully saturated rings. The van der Waals surface area contributed by atoms with Crippen molar-refractivity contribution in [2.75, 3.05) is 28.6 Å². The van der Waals surface area contributed by atoms with Gasteiger partial charge in [0.15, 0.2) is 5.69 Å². The van der Waals surface area contributed by atoms with E-state index >= 15 is 0 Å². The third-order valence-corrected chi connectivity index (χ3v) is 5.64. The van der Waals surface area contributed by atoms with E-state index in [0.29, 0.717) is 11.6 Å². The number of nitrogens with one attached hydrogen (secondary N) is 2. The number of hydrogen-bond acceptors (Lipinski definition) is 8. The van der Waals surface area contributed by atoms with Gasteiger partial charge in [-0.3, -0.25) is 4.79 Å². The second-order valence-corrected chi connectivity index (χ2v) is 8.49. The van der Waals surface area contributed by atoms with Crippen molar-refractivity contribution in [2.45, 2.75) is 12.5 Å². The molecule has 1 aromatic carbocycles. The van der Waals surface area contributed by atoms with Gasteiger partial charge in [0.25, 0.3) is 0 Å². The highest BCUT2D eigenvalue weighted by atomic mass is 127. The van der Waals surface area contributed by atoms with E-state index in [4.69, 9.17) is 0 Å². The summed E-state index contributed by atoms with van der Waals surface area (Å²) in [7, 11) is 1.39. The number of carbonyl (C=O) groups is 1. The number of nitrogens with zero attached hydrogens (tertiary/aromatic N) is 5. The van der Waals surface area contributed by atoms with Gasteiger partial charge in [-0.05, 0) is 62.3 Å². The van der Waals surface area contributed by atoms with Crippen molar-refractivity contribution in [2.24, 2.45) is 0 Å². The van der Waals surface area contributed by atoms with Gasteiger partial charge in [0.05, 0.1) is 6.20 Å². The van der Waals surface area contributed by atoms with Gasteiger partial charge in [-0.1, -0.05) is 6.58 Å². The van der Waals surface area contributed by atoms with Gasteiger partial charge in [0.2, 0.25) is 11.9 Å². The minimum atomic E-state index is -0.234. The average molecular weight is 543 g/mol. The van der Waals surface area contributed by atoms with Gasteiger partial charge >= 0.3 is 0 Å². The molecule has 3 heterocycles. The number of halogens is 1. The normalized spacial score (nSPS) is 15.3. The molecule has 0 bridgehead atoms. The predicted molar refractivity (Wildman–Crippen MR) is 133 cm³/mol. The fourth-order valence-corrected chi connectivity index (χ4v) is 3.88. The Morgan fingerprint density at radius 3 is 3.00 bits per heavy atom. The lowest BCUT2D eigenvalue weighted by molar-refractivity contribution is -0.111. The maximum Gasteiger partial charge on any atom is 0.247 e. The molecule has 31 heavy (non-hydrogen) atoms. The first kappa shape index (κ1) is 21.3. The van der Waals surface area contributed by atoms with Gasteiger partial charge in [0, 0.05) is 57.6 Å². The second kappa shape index (κ2) is 9.93. The summed E-state index contributed by atoms with van der Waals surface area (Å²) in [6.07, 6.45) is 5.60. The molecule has 8 nitrogen and oxygen atoms in total. The Morgan fingerprint density at radius 1 is 1.32 bits per heavy atom. The maximum absolute atomic E-state index is 11.6. The molecule has 2 N–H and O–H groups in total. The summed E-state index contributed by atoms with van der Waals surface area (Å²) in [5, 5.41) is 19.2. The molecular formula is C21H18IN7OS. The van der Waals surface area contributed by atoms with Crippen LogP contribution in [0.5, 0.6) is 0 Å². The van der Waals surface area contributed by atoms with Crippen molar-refractivity contribution >= 4 is 64.3 Å². The number of anilines is 3. The van der Waals surface area contributed by atoms with Gasteiger partial charge in [-0.15, -0.1) is 10.2 Å².